The van der Waals surface area contributed by atoms with Gasteiger partial charge in [-0.05, 0) is 73.6 Å². The summed E-state index contributed by atoms with van der Waals surface area (Å²) in [5, 5.41) is 0. The van der Waals surface area contributed by atoms with Crippen molar-refractivity contribution in [1.82, 2.24) is 0 Å². The minimum Gasteiger partial charge on any atom is -0.494 e. The van der Waals surface area contributed by atoms with Crippen LogP contribution in [0.2, 0.25) is 0 Å². The molecule has 2 saturated carbocycles. The molecule has 0 radical (unpaired) electrons. The van der Waals surface area contributed by atoms with E-state index in [0.717, 1.165) is 48.4 Å². The summed E-state index contributed by atoms with van der Waals surface area (Å²) in [6.45, 7) is 6.47. The highest BCUT2D eigenvalue weighted by molar-refractivity contribution is 5.31. The maximum Gasteiger partial charge on any atom is 0.119 e. The fourth-order valence-electron chi connectivity index (χ4n) is 4.52. The third-order valence-electron chi connectivity index (χ3n) is 6.61. The van der Waals surface area contributed by atoms with Crippen molar-refractivity contribution >= 4 is 0 Å². The fourth-order valence-corrected chi connectivity index (χ4v) is 4.52. The molecule has 1 aromatic carbocycles. The van der Waals surface area contributed by atoms with Crippen molar-refractivity contribution in [2.24, 2.45) is 23.7 Å². The Hall–Kier alpha value is -1.18. The summed E-state index contributed by atoms with van der Waals surface area (Å²) < 4.78 is 11.9. The molecule has 0 aliphatic heterocycles. The van der Waals surface area contributed by atoms with E-state index in [2.05, 4.69) is 38.1 Å². The number of hydrogen-bond donors (Lipinski definition) is 0. The lowest BCUT2D eigenvalue weighted by molar-refractivity contribution is 0.188. The third-order valence-corrected chi connectivity index (χ3v) is 6.61. The van der Waals surface area contributed by atoms with Crippen LogP contribution in [0.1, 0.15) is 78.1 Å². The van der Waals surface area contributed by atoms with Gasteiger partial charge in [0.05, 0.1) is 13.2 Å². The van der Waals surface area contributed by atoms with Gasteiger partial charge in [0.25, 0.3) is 0 Å². The van der Waals surface area contributed by atoms with E-state index in [9.17, 15) is 0 Å². The number of benzene rings is 1. The average Bonchev–Trinajstić information content (AvgIpc) is 2.67. The van der Waals surface area contributed by atoms with Crippen molar-refractivity contribution in [2.45, 2.75) is 78.1 Å². The molecule has 0 heterocycles. The van der Waals surface area contributed by atoms with Crippen LogP contribution < -0.4 is 9.47 Å². The molecular formula is C24H38O2. The van der Waals surface area contributed by atoms with Crippen molar-refractivity contribution in [3.63, 3.8) is 0 Å². The van der Waals surface area contributed by atoms with Crippen LogP contribution in [-0.4, -0.2) is 13.2 Å². The van der Waals surface area contributed by atoms with E-state index in [1.165, 1.54) is 64.2 Å². The van der Waals surface area contributed by atoms with E-state index in [0.29, 0.717) is 0 Å². The molecule has 26 heavy (non-hydrogen) atoms. The van der Waals surface area contributed by atoms with E-state index in [-0.39, 0.29) is 0 Å². The minimum atomic E-state index is 0.741. The van der Waals surface area contributed by atoms with E-state index in [1.54, 1.807) is 0 Å². The molecule has 0 spiro atoms. The lowest BCUT2D eigenvalue weighted by atomic mass is 9.81. The highest BCUT2D eigenvalue weighted by Crippen LogP contribution is 2.31. The second-order valence-corrected chi connectivity index (χ2v) is 9.02. The fraction of sp³-hybridized carbons (Fsp3) is 0.750. The number of rotatable bonds is 8. The Labute approximate surface area is 160 Å². The Balaban J connectivity index is 1.29. The molecule has 0 aromatic heterocycles. The molecule has 146 valence electrons. The van der Waals surface area contributed by atoms with Gasteiger partial charge in [0.15, 0.2) is 0 Å². The van der Waals surface area contributed by atoms with Crippen LogP contribution in [0.3, 0.4) is 0 Å². The van der Waals surface area contributed by atoms with E-state index in [4.69, 9.17) is 9.47 Å². The summed E-state index contributed by atoms with van der Waals surface area (Å²) in [6, 6.07) is 8.23. The van der Waals surface area contributed by atoms with Crippen LogP contribution in [0, 0.1) is 23.7 Å². The van der Waals surface area contributed by atoms with Gasteiger partial charge < -0.3 is 9.47 Å². The van der Waals surface area contributed by atoms with Crippen molar-refractivity contribution in [1.29, 1.82) is 0 Å². The standard InChI is InChI=1S/C24H38O2/c1-19-5-9-21(10-6-19)4-3-17-25-23-13-15-24(16-14-23)26-18-22-11-7-20(2)8-12-22/h13-16,19-22H,3-12,17-18H2,1-2H3/t19-,20-,21-,22-. The Bertz CT molecular complexity index is 493. The van der Waals surface area contributed by atoms with E-state index < -0.39 is 0 Å². The predicted molar refractivity (Wildman–Crippen MR) is 109 cm³/mol. The van der Waals surface area contributed by atoms with Crippen molar-refractivity contribution in [3.8, 4) is 11.5 Å². The smallest absolute Gasteiger partial charge is 0.119 e. The molecule has 0 N–H and O–H groups in total. The maximum atomic E-state index is 5.99. The normalized spacial score (nSPS) is 29.3. The molecule has 2 aliphatic carbocycles. The van der Waals surface area contributed by atoms with Gasteiger partial charge in [0, 0.05) is 0 Å². The van der Waals surface area contributed by atoms with Crippen LogP contribution in [0.4, 0.5) is 0 Å². The molecule has 2 nitrogen and oxygen atoms in total. The molecule has 0 unspecified atom stereocenters. The largest absolute Gasteiger partial charge is 0.494 e. The Morgan fingerprint density at radius 3 is 1.77 bits per heavy atom. The maximum absolute atomic E-state index is 5.99. The molecule has 0 atom stereocenters. The molecule has 2 fully saturated rings. The zero-order valence-electron chi connectivity index (χ0n) is 16.9. The van der Waals surface area contributed by atoms with Gasteiger partial charge in [-0.15, -0.1) is 0 Å². The zero-order valence-corrected chi connectivity index (χ0v) is 16.9. The van der Waals surface area contributed by atoms with Crippen LogP contribution in [-0.2, 0) is 0 Å². The Morgan fingerprint density at radius 2 is 1.19 bits per heavy atom. The van der Waals surface area contributed by atoms with Crippen LogP contribution >= 0.6 is 0 Å². The number of hydrogen-bond acceptors (Lipinski definition) is 2. The lowest BCUT2D eigenvalue weighted by Gasteiger charge is -2.26. The molecule has 0 saturated heterocycles. The van der Waals surface area contributed by atoms with Gasteiger partial charge in [-0.2, -0.15) is 0 Å². The lowest BCUT2D eigenvalue weighted by Crippen LogP contribution is -2.18. The minimum absolute atomic E-state index is 0.741. The summed E-state index contributed by atoms with van der Waals surface area (Å²) in [4.78, 5) is 0. The summed E-state index contributed by atoms with van der Waals surface area (Å²) in [6.07, 6.45) is 13.6. The molecule has 2 heteroatoms. The van der Waals surface area contributed by atoms with Gasteiger partial charge in [-0.25, -0.2) is 0 Å². The van der Waals surface area contributed by atoms with Gasteiger partial charge in [-0.1, -0.05) is 52.4 Å². The highest BCUT2D eigenvalue weighted by Gasteiger charge is 2.19. The summed E-state index contributed by atoms with van der Waals surface area (Å²) >= 11 is 0. The van der Waals surface area contributed by atoms with Crippen LogP contribution in [0.25, 0.3) is 0 Å². The molecule has 0 amide bonds. The van der Waals surface area contributed by atoms with Crippen molar-refractivity contribution in [3.05, 3.63) is 24.3 Å². The summed E-state index contributed by atoms with van der Waals surface area (Å²) in [7, 11) is 0. The first-order chi connectivity index (χ1) is 12.7. The van der Waals surface area contributed by atoms with E-state index in [1.807, 2.05) is 0 Å². The SMILES string of the molecule is C[C@H]1CC[C@H](CCCOc2ccc(OC[C@H]3CC[C@H](C)CC3)cc2)CC1. The average molecular weight is 359 g/mol. The third kappa shape index (κ3) is 6.52. The first-order valence-corrected chi connectivity index (χ1v) is 11.0. The summed E-state index contributed by atoms with van der Waals surface area (Å²) in [5.74, 6) is 5.49. The van der Waals surface area contributed by atoms with Crippen molar-refractivity contribution < 1.29 is 9.47 Å². The summed E-state index contributed by atoms with van der Waals surface area (Å²) in [5.41, 5.74) is 0. The van der Waals surface area contributed by atoms with Crippen molar-refractivity contribution in [2.75, 3.05) is 13.2 Å². The Morgan fingerprint density at radius 1 is 0.692 bits per heavy atom. The van der Waals surface area contributed by atoms with Gasteiger partial charge >= 0.3 is 0 Å². The quantitative estimate of drug-likeness (QED) is 0.472. The van der Waals surface area contributed by atoms with Crippen LogP contribution in [0.15, 0.2) is 24.3 Å². The van der Waals surface area contributed by atoms with Gasteiger partial charge in [0.1, 0.15) is 11.5 Å². The second-order valence-electron chi connectivity index (χ2n) is 9.02. The van der Waals surface area contributed by atoms with Gasteiger partial charge in [-0.3, -0.25) is 0 Å². The molecule has 1 aromatic rings. The van der Waals surface area contributed by atoms with Crippen LogP contribution in [0.5, 0.6) is 11.5 Å². The highest BCUT2D eigenvalue weighted by atomic mass is 16.5. The molecule has 2 aliphatic rings. The first-order valence-electron chi connectivity index (χ1n) is 11.0. The zero-order chi connectivity index (χ0) is 18.2. The monoisotopic (exact) mass is 358 g/mol. The Kier molecular flexibility index (Phi) is 7.70. The topological polar surface area (TPSA) is 18.5 Å². The van der Waals surface area contributed by atoms with Gasteiger partial charge in [0.2, 0.25) is 0 Å². The molecule has 0 bridgehead atoms. The molecule has 3 rings (SSSR count). The second kappa shape index (κ2) is 10.2. The molecular weight excluding hydrogens is 320 g/mol. The predicted octanol–water partition coefficient (Wildman–Crippen LogP) is 6.88. The van der Waals surface area contributed by atoms with E-state index >= 15 is 0 Å². The first kappa shape index (κ1) is 19.6. The number of ether oxygens (including phenoxy) is 2.